The third kappa shape index (κ3) is 2.77. The monoisotopic (exact) mass is 245 g/mol. The Morgan fingerprint density at radius 3 is 2.89 bits per heavy atom. The van der Waals surface area contributed by atoms with E-state index in [0.29, 0.717) is 19.3 Å². The Morgan fingerprint density at radius 2 is 2.11 bits per heavy atom. The topological polar surface area (TPSA) is 59.2 Å². The summed E-state index contributed by atoms with van der Waals surface area (Å²) in [7, 11) is 1.38. The van der Waals surface area contributed by atoms with Crippen molar-refractivity contribution in [3.8, 4) is 0 Å². The number of pyridine rings is 1. The molecule has 0 fully saturated rings. The summed E-state index contributed by atoms with van der Waals surface area (Å²) in [6, 6.07) is 9.26. The molecule has 0 atom stereocenters. The van der Waals surface area contributed by atoms with Crippen molar-refractivity contribution in [1.29, 1.82) is 0 Å². The zero-order chi connectivity index (χ0) is 13.0. The molecule has 1 heterocycles. The molecule has 0 amide bonds. The summed E-state index contributed by atoms with van der Waals surface area (Å²) in [5.41, 5.74) is 1.69. The van der Waals surface area contributed by atoms with Gasteiger partial charge in [-0.2, -0.15) is 0 Å². The maximum absolute atomic E-state index is 11.5. The summed E-state index contributed by atoms with van der Waals surface area (Å²) in [5, 5.41) is 1.03. The summed E-state index contributed by atoms with van der Waals surface area (Å²) >= 11 is 0. The van der Waals surface area contributed by atoms with E-state index in [1.165, 1.54) is 7.11 Å². The highest BCUT2D eigenvalue weighted by atomic mass is 16.5. The molecular weight excluding hydrogens is 230 g/mol. The number of methoxy groups -OCH3 is 1. The Bertz CT molecular complexity index is 616. The Hall–Kier alpha value is -2.10. The first-order chi connectivity index (χ1) is 8.70. The van der Waals surface area contributed by atoms with Gasteiger partial charge in [-0.1, -0.05) is 18.2 Å². The number of aromatic nitrogens is 1. The molecule has 94 valence electrons. The predicted octanol–water partition coefficient (Wildman–Crippen LogP) is 2.02. The van der Waals surface area contributed by atoms with Crippen molar-refractivity contribution in [2.45, 2.75) is 19.3 Å². The summed E-state index contributed by atoms with van der Waals surface area (Å²) in [6.45, 7) is 0. The summed E-state index contributed by atoms with van der Waals surface area (Å²) in [5.74, 6) is -0.218. The largest absolute Gasteiger partial charge is 0.469 e. The van der Waals surface area contributed by atoms with E-state index in [2.05, 4.69) is 9.72 Å². The summed E-state index contributed by atoms with van der Waals surface area (Å²) in [6.07, 6.45) is 1.75. The average Bonchev–Trinajstić information content (AvgIpc) is 2.38. The second kappa shape index (κ2) is 5.49. The fourth-order valence-electron chi connectivity index (χ4n) is 2.01. The molecule has 0 aliphatic rings. The van der Waals surface area contributed by atoms with Crippen molar-refractivity contribution in [3.63, 3.8) is 0 Å². The fraction of sp³-hybridized carbons (Fsp3) is 0.286. The molecule has 18 heavy (non-hydrogen) atoms. The van der Waals surface area contributed by atoms with Crippen LogP contribution in [0.4, 0.5) is 0 Å². The van der Waals surface area contributed by atoms with E-state index in [0.717, 1.165) is 16.5 Å². The van der Waals surface area contributed by atoms with Gasteiger partial charge in [0, 0.05) is 23.4 Å². The molecule has 1 aromatic carbocycles. The van der Waals surface area contributed by atoms with Crippen LogP contribution in [0.5, 0.6) is 0 Å². The first kappa shape index (κ1) is 12.4. The maximum atomic E-state index is 11.5. The van der Waals surface area contributed by atoms with Crippen LogP contribution in [0.3, 0.4) is 0 Å². The van der Waals surface area contributed by atoms with Gasteiger partial charge in [-0.05, 0) is 24.5 Å². The molecule has 0 radical (unpaired) electrons. The number of hydrogen-bond acceptors (Lipinski definition) is 3. The zero-order valence-corrected chi connectivity index (χ0v) is 10.2. The lowest BCUT2D eigenvalue weighted by molar-refractivity contribution is -0.140. The predicted molar refractivity (Wildman–Crippen MR) is 69.5 cm³/mol. The number of ether oxygens (including phenoxy) is 1. The highest BCUT2D eigenvalue weighted by Crippen LogP contribution is 2.16. The van der Waals surface area contributed by atoms with Gasteiger partial charge in [-0.3, -0.25) is 9.59 Å². The first-order valence-corrected chi connectivity index (χ1v) is 5.88. The molecule has 0 aliphatic heterocycles. The van der Waals surface area contributed by atoms with Crippen LogP contribution < -0.4 is 5.56 Å². The number of esters is 1. The van der Waals surface area contributed by atoms with E-state index >= 15 is 0 Å². The van der Waals surface area contributed by atoms with Gasteiger partial charge in [-0.15, -0.1) is 0 Å². The number of aryl methyl sites for hydroxylation is 1. The number of fused-ring (bicyclic) bond motifs is 1. The second-order valence-electron chi connectivity index (χ2n) is 4.13. The van der Waals surface area contributed by atoms with E-state index in [4.69, 9.17) is 0 Å². The van der Waals surface area contributed by atoms with Gasteiger partial charge in [-0.25, -0.2) is 0 Å². The minimum absolute atomic E-state index is 0.109. The molecule has 0 aliphatic carbocycles. The molecule has 0 saturated carbocycles. The molecule has 0 bridgehead atoms. The lowest BCUT2D eigenvalue weighted by Gasteiger charge is -2.05. The highest BCUT2D eigenvalue weighted by Gasteiger charge is 2.05. The Balaban J connectivity index is 2.22. The number of carbonyl (C=O) groups is 1. The molecule has 4 heteroatoms. The van der Waals surface area contributed by atoms with E-state index in [1.54, 1.807) is 6.07 Å². The number of para-hydroxylation sites is 1. The van der Waals surface area contributed by atoms with Crippen molar-refractivity contribution in [2.75, 3.05) is 7.11 Å². The molecule has 0 unspecified atom stereocenters. The van der Waals surface area contributed by atoms with Crippen molar-refractivity contribution in [1.82, 2.24) is 4.98 Å². The molecule has 0 spiro atoms. The Labute approximate surface area is 105 Å². The van der Waals surface area contributed by atoms with Crippen molar-refractivity contribution < 1.29 is 9.53 Å². The Kier molecular flexibility index (Phi) is 3.77. The van der Waals surface area contributed by atoms with E-state index in [9.17, 15) is 9.59 Å². The number of nitrogens with one attached hydrogen (secondary N) is 1. The van der Waals surface area contributed by atoms with Gasteiger partial charge < -0.3 is 9.72 Å². The molecule has 1 aromatic heterocycles. The Morgan fingerprint density at radius 1 is 1.33 bits per heavy atom. The quantitative estimate of drug-likeness (QED) is 0.838. The maximum Gasteiger partial charge on any atom is 0.305 e. The normalized spacial score (nSPS) is 10.5. The standard InChI is InChI=1S/C14H15NO3/c1-18-14(17)8-4-5-10-9-13(16)15-12-7-3-2-6-11(10)12/h2-3,6-7,9H,4-5,8H2,1H3,(H,15,16). The third-order valence-corrected chi connectivity index (χ3v) is 2.89. The van der Waals surface area contributed by atoms with Crippen LogP contribution in [0.2, 0.25) is 0 Å². The van der Waals surface area contributed by atoms with Gasteiger partial charge in [0.2, 0.25) is 5.56 Å². The fourth-order valence-corrected chi connectivity index (χ4v) is 2.01. The molecule has 0 saturated heterocycles. The molecular formula is C14H15NO3. The SMILES string of the molecule is COC(=O)CCCc1cc(=O)[nH]c2ccccc12. The first-order valence-electron chi connectivity index (χ1n) is 5.88. The minimum Gasteiger partial charge on any atom is -0.469 e. The number of H-pyrrole nitrogens is 1. The molecule has 4 nitrogen and oxygen atoms in total. The lowest BCUT2D eigenvalue weighted by atomic mass is 10.0. The molecule has 2 rings (SSSR count). The van der Waals surface area contributed by atoms with Gasteiger partial charge in [0.25, 0.3) is 0 Å². The van der Waals surface area contributed by atoms with Crippen LogP contribution >= 0.6 is 0 Å². The number of rotatable bonds is 4. The number of benzene rings is 1. The lowest BCUT2D eigenvalue weighted by Crippen LogP contribution is -2.07. The van der Waals surface area contributed by atoms with Crippen LogP contribution in [0.25, 0.3) is 10.9 Å². The van der Waals surface area contributed by atoms with Crippen LogP contribution in [0.1, 0.15) is 18.4 Å². The van der Waals surface area contributed by atoms with Crippen molar-refractivity contribution >= 4 is 16.9 Å². The zero-order valence-electron chi connectivity index (χ0n) is 10.2. The smallest absolute Gasteiger partial charge is 0.305 e. The van der Waals surface area contributed by atoms with Gasteiger partial charge in [0.15, 0.2) is 0 Å². The minimum atomic E-state index is -0.218. The highest BCUT2D eigenvalue weighted by molar-refractivity contribution is 5.81. The van der Waals surface area contributed by atoms with Gasteiger partial charge in [0.1, 0.15) is 0 Å². The number of carbonyl (C=O) groups excluding carboxylic acids is 1. The van der Waals surface area contributed by atoms with Crippen LogP contribution in [0.15, 0.2) is 35.1 Å². The van der Waals surface area contributed by atoms with Crippen LogP contribution in [-0.4, -0.2) is 18.1 Å². The number of hydrogen-bond donors (Lipinski definition) is 1. The third-order valence-electron chi connectivity index (χ3n) is 2.89. The summed E-state index contributed by atoms with van der Waals surface area (Å²) in [4.78, 5) is 25.3. The molecule has 1 N–H and O–H groups in total. The van der Waals surface area contributed by atoms with Crippen molar-refractivity contribution in [2.24, 2.45) is 0 Å². The van der Waals surface area contributed by atoms with Crippen LogP contribution in [-0.2, 0) is 16.0 Å². The van der Waals surface area contributed by atoms with E-state index in [-0.39, 0.29) is 11.5 Å². The van der Waals surface area contributed by atoms with Gasteiger partial charge in [0.05, 0.1) is 7.11 Å². The second-order valence-corrected chi connectivity index (χ2v) is 4.13. The summed E-state index contributed by atoms with van der Waals surface area (Å²) < 4.78 is 4.59. The average molecular weight is 245 g/mol. The van der Waals surface area contributed by atoms with Crippen LogP contribution in [0, 0.1) is 0 Å². The number of aromatic amines is 1. The van der Waals surface area contributed by atoms with Gasteiger partial charge >= 0.3 is 5.97 Å². The molecule has 2 aromatic rings. The van der Waals surface area contributed by atoms with Crippen molar-refractivity contribution in [3.05, 3.63) is 46.2 Å². The van der Waals surface area contributed by atoms with E-state index < -0.39 is 0 Å². The van der Waals surface area contributed by atoms with E-state index in [1.807, 2.05) is 24.3 Å².